The van der Waals surface area contributed by atoms with Gasteiger partial charge in [-0.05, 0) is 31.0 Å². The van der Waals surface area contributed by atoms with Gasteiger partial charge in [-0.2, -0.15) is 0 Å². The van der Waals surface area contributed by atoms with Crippen molar-refractivity contribution in [3.05, 3.63) is 22.8 Å². The minimum absolute atomic E-state index is 0.00769. The van der Waals surface area contributed by atoms with E-state index in [9.17, 15) is 14.7 Å². The van der Waals surface area contributed by atoms with Crippen LogP contribution in [0.2, 0.25) is 0 Å². The zero-order valence-electron chi connectivity index (χ0n) is 8.92. The number of benzene rings is 1. The molecule has 0 atom stereocenters. The van der Waals surface area contributed by atoms with E-state index in [0.29, 0.717) is 28.7 Å². The van der Waals surface area contributed by atoms with Crippen molar-refractivity contribution in [3.8, 4) is 5.75 Å². The van der Waals surface area contributed by atoms with Crippen molar-refractivity contribution in [1.29, 1.82) is 0 Å². The summed E-state index contributed by atoms with van der Waals surface area (Å²) in [7, 11) is 0. The number of carbonyl (C=O) groups excluding carboxylic acids is 2. The molecule has 0 aromatic heterocycles. The van der Waals surface area contributed by atoms with Gasteiger partial charge in [-0.25, -0.2) is 0 Å². The normalized spacial score (nSPS) is 9.80. The second kappa shape index (κ2) is 4.13. The maximum absolute atomic E-state index is 10.9. The lowest BCUT2D eigenvalue weighted by Crippen LogP contribution is -2.09. The van der Waals surface area contributed by atoms with Gasteiger partial charge < -0.3 is 10.4 Å². The van der Waals surface area contributed by atoms with E-state index in [1.807, 2.05) is 0 Å². The first-order valence-corrected chi connectivity index (χ1v) is 4.53. The fourth-order valence-electron chi connectivity index (χ4n) is 1.38. The highest BCUT2D eigenvalue weighted by Crippen LogP contribution is 2.32. The molecule has 80 valence electrons. The van der Waals surface area contributed by atoms with Crippen LogP contribution in [0.3, 0.4) is 0 Å². The third kappa shape index (κ3) is 2.15. The Balaban J connectivity index is 3.39. The van der Waals surface area contributed by atoms with Gasteiger partial charge >= 0.3 is 0 Å². The monoisotopic (exact) mass is 207 g/mol. The van der Waals surface area contributed by atoms with E-state index in [1.54, 1.807) is 19.9 Å². The number of aromatic hydroxyl groups is 1. The maximum atomic E-state index is 10.9. The lowest BCUT2D eigenvalue weighted by molar-refractivity contribution is -0.114. The summed E-state index contributed by atoms with van der Waals surface area (Å²) >= 11 is 0. The number of amides is 1. The molecule has 0 heterocycles. The predicted molar refractivity (Wildman–Crippen MR) is 57.3 cm³/mol. The highest BCUT2D eigenvalue weighted by Gasteiger charge is 2.13. The fraction of sp³-hybridized carbons (Fsp3) is 0.273. The quantitative estimate of drug-likeness (QED) is 0.573. The summed E-state index contributed by atoms with van der Waals surface area (Å²) in [5.41, 5.74) is 1.91. The van der Waals surface area contributed by atoms with Gasteiger partial charge in [0.2, 0.25) is 5.91 Å². The zero-order chi connectivity index (χ0) is 11.6. The average molecular weight is 207 g/mol. The molecule has 15 heavy (non-hydrogen) atoms. The Bertz CT molecular complexity index is 424. The van der Waals surface area contributed by atoms with Crippen LogP contribution >= 0.6 is 0 Å². The molecule has 0 aliphatic rings. The standard InChI is InChI=1S/C11H13NO3/c1-6-4-9(5-13)7(2)10(11(6)15)12-8(3)14/h4-5,15H,1-3H3,(H,12,14). The topological polar surface area (TPSA) is 66.4 Å². The molecule has 4 heteroatoms. The summed E-state index contributed by atoms with van der Waals surface area (Å²) < 4.78 is 0. The maximum Gasteiger partial charge on any atom is 0.221 e. The van der Waals surface area contributed by atoms with Crippen molar-refractivity contribution in [2.75, 3.05) is 5.32 Å². The van der Waals surface area contributed by atoms with Gasteiger partial charge in [0, 0.05) is 12.5 Å². The van der Waals surface area contributed by atoms with Crippen molar-refractivity contribution in [3.63, 3.8) is 0 Å². The van der Waals surface area contributed by atoms with Gasteiger partial charge in [0.1, 0.15) is 12.0 Å². The number of carbonyl (C=O) groups is 2. The first-order chi connectivity index (χ1) is 6.97. The number of phenols is 1. The van der Waals surface area contributed by atoms with E-state index in [0.717, 1.165) is 0 Å². The minimum Gasteiger partial charge on any atom is -0.505 e. The number of nitrogens with one attached hydrogen (secondary N) is 1. The third-order valence-corrected chi connectivity index (χ3v) is 2.22. The van der Waals surface area contributed by atoms with Crippen molar-refractivity contribution in [2.24, 2.45) is 0 Å². The molecule has 2 N–H and O–H groups in total. The Kier molecular flexibility index (Phi) is 3.09. The van der Waals surface area contributed by atoms with Gasteiger partial charge in [0.25, 0.3) is 0 Å². The van der Waals surface area contributed by atoms with Crippen molar-refractivity contribution >= 4 is 17.9 Å². The number of aryl methyl sites for hydroxylation is 1. The van der Waals surface area contributed by atoms with Crippen molar-refractivity contribution < 1.29 is 14.7 Å². The van der Waals surface area contributed by atoms with Gasteiger partial charge in [0.05, 0.1) is 5.69 Å². The Hall–Kier alpha value is -1.84. The molecule has 1 amide bonds. The lowest BCUT2D eigenvalue weighted by Gasteiger charge is -2.12. The van der Waals surface area contributed by atoms with Gasteiger partial charge in [-0.1, -0.05) is 0 Å². The van der Waals surface area contributed by atoms with Gasteiger partial charge in [-0.15, -0.1) is 0 Å². The van der Waals surface area contributed by atoms with Crippen LogP contribution in [0.1, 0.15) is 28.4 Å². The number of hydrogen-bond acceptors (Lipinski definition) is 3. The Morgan fingerprint density at radius 1 is 1.47 bits per heavy atom. The number of anilines is 1. The summed E-state index contributed by atoms with van der Waals surface area (Å²) in [5, 5.41) is 12.2. The molecular formula is C11H13NO3. The van der Waals surface area contributed by atoms with E-state index >= 15 is 0 Å². The molecule has 1 aromatic carbocycles. The molecule has 0 aliphatic heterocycles. The second-order valence-corrected chi connectivity index (χ2v) is 3.43. The van der Waals surface area contributed by atoms with E-state index in [4.69, 9.17) is 0 Å². The minimum atomic E-state index is -0.282. The lowest BCUT2D eigenvalue weighted by atomic mass is 10.0. The largest absolute Gasteiger partial charge is 0.505 e. The summed E-state index contributed by atoms with van der Waals surface area (Å²) in [6, 6.07) is 1.59. The van der Waals surface area contributed by atoms with E-state index in [-0.39, 0.29) is 11.7 Å². The second-order valence-electron chi connectivity index (χ2n) is 3.43. The Labute approximate surface area is 87.9 Å². The van der Waals surface area contributed by atoms with Crippen LogP contribution in [0.15, 0.2) is 6.07 Å². The first kappa shape index (κ1) is 11.2. The van der Waals surface area contributed by atoms with Crippen LogP contribution in [-0.4, -0.2) is 17.3 Å². The summed E-state index contributed by atoms with van der Waals surface area (Å²) in [6.07, 6.45) is 0.701. The highest BCUT2D eigenvalue weighted by atomic mass is 16.3. The van der Waals surface area contributed by atoms with E-state index in [2.05, 4.69) is 5.32 Å². The molecule has 1 aromatic rings. The number of rotatable bonds is 2. The number of hydrogen-bond donors (Lipinski definition) is 2. The highest BCUT2D eigenvalue weighted by molar-refractivity contribution is 5.94. The van der Waals surface area contributed by atoms with E-state index in [1.165, 1.54) is 6.92 Å². The van der Waals surface area contributed by atoms with Crippen LogP contribution in [0, 0.1) is 13.8 Å². The molecule has 0 aliphatic carbocycles. The molecule has 0 unspecified atom stereocenters. The smallest absolute Gasteiger partial charge is 0.221 e. The molecule has 0 radical (unpaired) electrons. The molecule has 0 spiro atoms. The van der Waals surface area contributed by atoms with E-state index < -0.39 is 0 Å². The SMILES string of the molecule is CC(=O)Nc1c(C)c(C=O)cc(C)c1O. The van der Waals surface area contributed by atoms with Crippen LogP contribution in [0.5, 0.6) is 5.75 Å². The predicted octanol–water partition coefficient (Wildman–Crippen LogP) is 1.78. The summed E-state index contributed by atoms with van der Waals surface area (Å²) in [6.45, 7) is 4.70. The molecular weight excluding hydrogens is 194 g/mol. The number of aldehydes is 1. The molecule has 0 fully saturated rings. The third-order valence-electron chi connectivity index (χ3n) is 2.22. The Morgan fingerprint density at radius 3 is 2.53 bits per heavy atom. The number of phenolic OH excluding ortho intramolecular Hbond substituents is 1. The molecule has 1 rings (SSSR count). The van der Waals surface area contributed by atoms with Crippen LogP contribution in [0.4, 0.5) is 5.69 Å². The van der Waals surface area contributed by atoms with Crippen molar-refractivity contribution in [1.82, 2.24) is 0 Å². The molecule has 0 saturated heterocycles. The summed E-state index contributed by atoms with van der Waals surface area (Å²) in [4.78, 5) is 21.7. The molecule has 0 bridgehead atoms. The van der Waals surface area contributed by atoms with Gasteiger partial charge in [0.15, 0.2) is 0 Å². The molecule has 0 saturated carbocycles. The van der Waals surface area contributed by atoms with Crippen molar-refractivity contribution in [2.45, 2.75) is 20.8 Å². The summed E-state index contributed by atoms with van der Waals surface area (Å²) in [5.74, 6) is -0.274. The first-order valence-electron chi connectivity index (χ1n) is 4.53. The van der Waals surface area contributed by atoms with Crippen LogP contribution in [0.25, 0.3) is 0 Å². The van der Waals surface area contributed by atoms with Crippen LogP contribution in [-0.2, 0) is 4.79 Å². The van der Waals surface area contributed by atoms with Gasteiger partial charge in [-0.3, -0.25) is 9.59 Å². The molecule has 4 nitrogen and oxygen atoms in total. The van der Waals surface area contributed by atoms with Crippen LogP contribution < -0.4 is 5.32 Å². The average Bonchev–Trinajstić information content (AvgIpc) is 2.18. The zero-order valence-corrected chi connectivity index (χ0v) is 8.92. The fourth-order valence-corrected chi connectivity index (χ4v) is 1.38. The Morgan fingerprint density at radius 2 is 2.07 bits per heavy atom.